The van der Waals surface area contributed by atoms with Gasteiger partial charge in [-0.25, -0.2) is 0 Å². The predicted octanol–water partition coefficient (Wildman–Crippen LogP) is 3.03. The summed E-state index contributed by atoms with van der Waals surface area (Å²) in [5.74, 6) is 0.288. The van der Waals surface area contributed by atoms with Gasteiger partial charge >= 0.3 is 5.97 Å². The molecule has 1 aliphatic carbocycles. The minimum absolute atomic E-state index is 0.0197. The van der Waals surface area contributed by atoms with Crippen molar-refractivity contribution in [3.8, 4) is 0 Å². The lowest BCUT2D eigenvalue weighted by molar-refractivity contribution is -0.143. The molecule has 0 aromatic heterocycles. The second-order valence-corrected chi connectivity index (χ2v) is 5.91. The van der Waals surface area contributed by atoms with Crippen LogP contribution in [0.5, 0.6) is 0 Å². The van der Waals surface area contributed by atoms with Crippen molar-refractivity contribution >= 4 is 5.97 Å². The summed E-state index contributed by atoms with van der Waals surface area (Å²) in [5, 5.41) is 9.22. The Labute approximate surface area is 105 Å². The number of rotatable bonds is 5. The molecule has 100 valence electrons. The molecule has 0 aliphatic heterocycles. The standard InChI is InChI=1S/C14H27NO2/c1-4-12(15)14(9-13(16)17)8-6-5-7-11(14)10(2)3/h10-12H,4-9,15H2,1-3H3,(H,16,17). The number of aliphatic carboxylic acids is 1. The van der Waals surface area contributed by atoms with Gasteiger partial charge in [0.1, 0.15) is 0 Å². The highest BCUT2D eigenvalue weighted by Gasteiger charge is 2.46. The average Bonchev–Trinajstić information content (AvgIpc) is 2.27. The van der Waals surface area contributed by atoms with Crippen molar-refractivity contribution in [3.05, 3.63) is 0 Å². The van der Waals surface area contributed by atoms with Crippen LogP contribution in [-0.4, -0.2) is 17.1 Å². The summed E-state index contributed by atoms with van der Waals surface area (Å²) >= 11 is 0. The number of carbonyl (C=O) groups is 1. The van der Waals surface area contributed by atoms with Gasteiger partial charge in [-0.15, -0.1) is 0 Å². The van der Waals surface area contributed by atoms with Gasteiger partial charge in [0.15, 0.2) is 0 Å². The third-order valence-electron chi connectivity index (χ3n) is 4.61. The van der Waals surface area contributed by atoms with E-state index in [1.807, 2.05) is 0 Å². The van der Waals surface area contributed by atoms with Gasteiger partial charge in [0.05, 0.1) is 6.42 Å². The summed E-state index contributed by atoms with van der Waals surface area (Å²) in [6, 6.07) is 0.0197. The van der Waals surface area contributed by atoms with Crippen molar-refractivity contribution in [2.24, 2.45) is 23.0 Å². The summed E-state index contributed by atoms with van der Waals surface area (Å²) in [6.07, 6.45) is 5.59. The largest absolute Gasteiger partial charge is 0.481 e. The van der Waals surface area contributed by atoms with E-state index in [1.54, 1.807) is 0 Å². The molecule has 3 nitrogen and oxygen atoms in total. The molecular weight excluding hydrogens is 214 g/mol. The molecule has 0 saturated heterocycles. The molecule has 0 bridgehead atoms. The number of nitrogens with two attached hydrogens (primary N) is 1. The van der Waals surface area contributed by atoms with Crippen LogP contribution < -0.4 is 5.73 Å². The van der Waals surface area contributed by atoms with E-state index < -0.39 is 5.97 Å². The molecular formula is C14H27NO2. The topological polar surface area (TPSA) is 63.3 Å². The first kappa shape index (κ1) is 14.5. The number of hydrogen-bond donors (Lipinski definition) is 2. The van der Waals surface area contributed by atoms with E-state index in [2.05, 4.69) is 20.8 Å². The normalized spacial score (nSPS) is 31.5. The second-order valence-electron chi connectivity index (χ2n) is 5.91. The highest BCUT2D eigenvalue weighted by Crippen LogP contribution is 2.49. The van der Waals surface area contributed by atoms with Gasteiger partial charge in [0.2, 0.25) is 0 Å². The average molecular weight is 241 g/mol. The lowest BCUT2D eigenvalue weighted by Crippen LogP contribution is -2.51. The SMILES string of the molecule is CCC(N)C1(CC(=O)O)CCCCC1C(C)C. The summed E-state index contributed by atoms with van der Waals surface area (Å²) in [5.41, 5.74) is 6.12. The van der Waals surface area contributed by atoms with Gasteiger partial charge in [0.25, 0.3) is 0 Å². The summed E-state index contributed by atoms with van der Waals surface area (Å²) in [7, 11) is 0. The zero-order valence-electron chi connectivity index (χ0n) is 11.4. The van der Waals surface area contributed by atoms with Crippen molar-refractivity contribution in [1.29, 1.82) is 0 Å². The minimum atomic E-state index is -0.693. The van der Waals surface area contributed by atoms with Crippen molar-refractivity contribution < 1.29 is 9.90 Å². The maximum absolute atomic E-state index is 11.2. The highest BCUT2D eigenvalue weighted by molar-refractivity contribution is 5.68. The predicted molar refractivity (Wildman–Crippen MR) is 69.7 cm³/mol. The van der Waals surface area contributed by atoms with Crippen LogP contribution in [0.4, 0.5) is 0 Å². The maximum Gasteiger partial charge on any atom is 0.303 e. The Balaban J connectivity index is 3.02. The first-order valence-electron chi connectivity index (χ1n) is 6.91. The lowest BCUT2D eigenvalue weighted by atomic mass is 9.57. The summed E-state index contributed by atoms with van der Waals surface area (Å²) in [6.45, 7) is 6.48. The molecule has 0 radical (unpaired) electrons. The Hall–Kier alpha value is -0.570. The van der Waals surface area contributed by atoms with E-state index in [4.69, 9.17) is 5.73 Å². The van der Waals surface area contributed by atoms with E-state index in [9.17, 15) is 9.90 Å². The van der Waals surface area contributed by atoms with Crippen LogP contribution in [0, 0.1) is 17.3 Å². The Kier molecular flexibility index (Phi) is 4.99. The summed E-state index contributed by atoms with van der Waals surface area (Å²) in [4.78, 5) is 11.2. The maximum atomic E-state index is 11.2. The molecule has 3 atom stereocenters. The Morgan fingerprint density at radius 3 is 2.59 bits per heavy atom. The van der Waals surface area contributed by atoms with Crippen LogP contribution in [-0.2, 0) is 4.79 Å². The Morgan fingerprint density at radius 2 is 2.12 bits per heavy atom. The molecule has 0 aromatic carbocycles. The zero-order valence-corrected chi connectivity index (χ0v) is 11.4. The third kappa shape index (κ3) is 3.01. The van der Waals surface area contributed by atoms with Crippen LogP contribution in [0.15, 0.2) is 0 Å². The number of carboxylic acids is 1. The van der Waals surface area contributed by atoms with E-state index in [-0.39, 0.29) is 17.9 Å². The molecule has 0 aromatic rings. The highest BCUT2D eigenvalue weighted by atomic mass is 16.4. The number of carboxylic acid groups (broad SMARTS) is 1. The molecule has 3 N–H and O–H groups in total. The molecule has 0 amide bonds. The molecule has 3 heteroatoms. The molecule has 1 fully saturated rings. The molecule has 1 aliphatic rings. The van der Waals surface area contributed by atoms with E-state index in [0.29, 0.717) is 11.8 Å². The molecule has 0 spiro atoms. The van der Waals surface area contributed by atoms with Gasteiger partial charge in [0, 0.05) is 6.04 Å². The van der Waals surface area contributed by atoms with Crippen LogP contribution in [0.3, 0.4) is 0 Å². The number of hydrogen-bond acceptors (Lipinski definition) is 2. The van der Waals surface area contributed by atoms with Gasteiger partial charge in [-0.2, -0.15) is 0 Å². The quantitative estimate of drug-likeness (QED) is 0.777. The zero-order chi connectivity index (χ0) is 13.1. The monoisotopic (exact) mass is 241 g/mol. The van der Waals surface area contributed by atoms with Crippen LogP contribution in [0.25, 0.3) is 0 Å². The van der Waals surface area contributed by atoms with Crippen LogP contribution in [0.1, 0.15) is 59.3 Å². The fraction of sp³-hybridized carbons (Fsp3) is 0.929. The van der Waals surface area contributed by atoms with Crippen molar-refractivity contribution in [3.63, 3.8) is 0 Å². The van der Waals surface area contributed by atoms with Gasteiger partial charge in [-0.05, 0) is 36.5 Å². The first-order valence-corrected chi connectivity index (χ1v) is 6.91. The van der Waals surface area contributed by atoms with Crippen LogP contribution in [0.2, 0.25) is 0 Å². The van der Waals surface area contributed by atoms with Crippen molar-refractivity contribution in [1.82, 2.24) is 0 Å². The Bertz CT molecular complexity index is 265. The van der Waals surface area contributed by atoms with Crippen LogP contribution >= 0.6 is 0 Å². The van der Waals surface area contributed by atoms with E-state index in [1.165, 1.54) is 6.42 Å². The minimum Gasteiger partial charge on any atom is -0.481 e. The second kappa shape index (κ2) is 5.85. The van der Waals surface area contributed by atoms with E-state index in [0.717, 1.165) is 25.7 Å². The summed E-state index contributed by atoms with van der Waals surface area (Å²) < 4.78 is 0. The van der Waals surface area contributed by atoms with Gasteiger partial charge < -0.3 is 10.8 Å². The fourth-order valence-electron chi connectivity index (χ4n) is 3.79. The van der Waals surface area contributed by atoms with E-state index >= 15 is 0 Å². The molecule has 3 unspecified atom stereocenters. The first-order chi connectivity index (χ1) is 7.94. The molecule has 17 heavy (non-hydrogen) atoms. The van der Waals surface area contributed by atoms with Crippen molar-refractivity contribution in [2.75, 3.05) is 0 Å². The molecule has 0 heterocycles. The Morgan fingerprint density at radius 1 is 1.47 bits per heavy atom. The van der Waals surface area contributed by atoms with Gasteiger partial charge in [-0.3, -0.25) is 4.79 Å². The smallest absolute Gasteiger partial charge is 0.303 e. The van der Waals surface area contributed by atoms with Crippen molar-refractivity contribution in [2.45, 2.75) is 65.3 Å². The lowest BCUT2D eigenvalue weighted by Gasteiger charge is -2.49. The van der Waals surface area contributed by atoms with Gasteiger partial charge in [-0.1, -0.05) is 33.6 Å². The third-order valence-corrected chi connectivity index (χ3v) is 4.61. The molecule has 1 saturated carbocycles. The fourth-order valence-corrected chi connectivity index (χ4v) is 3.79. The molecule has 1 rings (SSSR count).